The summed E-state index contributed by atoms with van der Waals surface area (Å²) in [4.78, 5) is 13.0. The van der Waals surface area contributed by atoms with Gasteiger partial charge in [0.2, 0.25) is 0 Å². The number of anilines is 1. The Morgan fingerprint density at radius 2 is 1.72 bits per heavy atom. The van der Waals surface area contributed by atoms with Gasteiger partial charge in [-0.1, -0.05) is 44.5 Å². The molecule has 0 saturated heterocycles. The molecule has 32 heavy (non-hydrogen) atoms. The van der Waals surface area contributed by atoms with E-state index in [2.05, 4.69) is 22.0 Å². The number of hydrogen-bond donors (Lipinski definition) is 2. The van der Waals surface area contributed by atoms with E-state index in [0.29, 0.717) is 17.9 Å². The summed E-state index contributed by atoms with van der Waals surface area (Å²) in [5.41, 5.74) is 11.0. The molecule has 0 spiro atoms. The Balaban J connectivity index is 0.00000385. The molecule has 2 aromatic carbocycles. The number of benzene rings is 2. The average Bonchev–Trinajstić information content (AvgIpc) is 3.09. The Morgan fingerprint density at radius 3 is 2.28 bits per heavy atom. The van der Waals surface area contributed by atoms with Crippen LogP contribution in [0.1, 0.15) is 60.6 Å². The largest absolute Gasteiger partial charge is 0.399 e. The van der Waals surface area contributed by atoms with Gasteiger partial charge in [-0.25, -0.2) is 13.1 Å². The van der Waals surface area contributed by atoms with Crippen LogP contribution in [0.25, 0.3) is 0 Å². The average molecular weight is 457 g/mol. The summed E-state index contributed by atoms with van der Waals surface area (Å²) >= 11 is 0. The fraction of sp³-hybridized carbons (Fsp3) is 0.333. The van der Waals surface area contributed by atoms with E-state index in [0.717, 1.165) is 22.3 Å². The predicted octanol–water partition coefficient (Wildman–Crippen LogP) is 4.10. The van der Waals surface area contributed by atoms with Crippen LogP contribution in [-0.4, -0.2) is 24.1 Å². The van der Waals surface area contributed by atoms with Crippen molar-refractivity contribution in [3.8, 4) is 0 Å². The van der Waals surface area contributed by atoms with Gasteiger partial charge in [0.25, 0.3) is 15.9 Å². The Hall–Kier alpha value is -3.13. The van der Waals surface area contributed by atoms with E-state index in [1.165, 1.54) is 18.2 Å². The van der Waals surface area contributed by atoms with E-state index in [-0.39, 0.29) is 17.4 Å². The third-order valence-corrected chi connectivity index (χ3v) is 6.65. The summed E-state index contributed by atoms with van der Waals surface area (Å²) < 4.78 is 29.3. The van der Waals surface area contributed by atoms with Gasteiger partial charge in [-0.05, 0) is 61.7 Å². The number of nitrogens with two attached hydrogens (primary N) is 1. The van der Waals surface area contributed by atoms with Crippen LogP contribution >= 0.6 is 0 Å². The van der Waals surface area contributed by atoms with Crippen molar-refractivity contribution in [1.29, 1.82) is 0 Å². The van der Waals surface area contributed by atoms with Gasteiger partial charge in [0.15, 0.2) is 0 Å². The molecule has 0 aliphatic rings. The first-order valence-electron chi connectivity index (χ1n) is 10.4. The zero-order valence-corrected chi connectivity index (χ0v) is 20.2. The van der Waals surface area contributed by atoms with E-state index in [9.17, 15) is 13.2 Å². The minimum atomic E-state index is -4.09. The van der Waals surface area contributed by atoms with Crippen LogP contribution in [0, 0.1) is 20.8 Å². The highest BCUT2D eigenvalue weighted by Crippen LogP contribution is 2.24. The van der Waals surface area contributed by atoms with Crippen LogP contribution in [0.15, 0.2) is 47.4 Å². The Labute approximate surface area is 191 Å². The van der Waals surface area contributed by atoms with Gasteiger partial charge < -0.3 is 5.73 Å². The van der Waals surface area contributed by atoms with Gasteiger partial charge >= 0.3 is 0 Å². The molecular weight excluding hydrogens is 424 g/mol. The molecule has 0 aliphatic heterocycles. The van der Waals surface area contributed by atoms with Crippen LogP contribution in [0.4, 0.5) is 5.69 Å². The maximum atomic E-state index is 13.1. The van der Waals surface area contributed by atoms with Crippen molar-refractivity contribution >= 4 is 21.6 Å². The van der Waals surface area contributed by atoms with Gasteiger partial charge in [-0.3, -0.25) is 9.48 Å². The lowest BCUT2D eigenvalue weighted by molar-refractivity contribution is 0.0971. The number of aromatic nitrogens is 2. The van der Waals surface area contributed by atoms with Gasteiger partial charge in [0.05, 0.1) is 17.1 Å². The zero-order valence-electron chi connectivity index (χ0n) is 19.4. The lowest BCUT2D eigenvalue weighted by atomic mass is 9.92. The minimum Gasteiger partial charge on any atom is -0.399 e. The molecule has 1 heterocycles. The van der Waals surface area contributed by atoms with E-state index in [4.69, 9.17) is 5.73 Å². The highest BCUT2D eigenvalue weighted by atomic mass is 32.2. The molecule has 7 nitrogen and oxygen atoms in total. The number of rotatable bonds is 5. The number of aryl methyl sites for hydroxylation is 3. The van der Waals surface area contributed by atoms with Crippen molar-refractivity contribution in [2.24, 2.45) is 0 Å². The van der Waals surface area contributed by atoms with Crippen molar-refractivity contribution in [2.45, 2.75) is 58.4 Å². The number of sulfonamides is 1. The van der Waals surface area contributed by atoms with Crippen LogP contribution in [-0.2, 0) is 22.0 Å². The van der Waals surface area contributed by atoms with Crippen LogP contribution in [0.5, 0.6) is 0 Å². The number of nitrogen functional groups attached to an aromatic ring is 1. The minimum absolute atomic E-state index is 0. The molecule has 1 amide bonds. The number of nitrogens with one attached hydrogen (secondary N) is 1. The van der Waals surface area contributed by atoms with E-state index in [1.807, 2.05) is 41.5 Å². The molecule has 3 rings (SSSR count). The smallest absolute Gasteiger partial charge is 0.283 e. The van der Waals surface area contributed by atoms with Crippen molar-refractivity contribution < 1.29 is 14.6 Å². The highest BCUT2D eigenvalue weighted by molar-refractivity contribution is 7.90. The van der Waals surface area contributed by atoms with Crippen molar-refractivity contribution in [3.63, 3.8) is 0 Å². The van der Waals surface area contributed by atoms with Crippen LogP contribution < -0.4 is 10.5 Å². The first kappa shape index (κ1) is 23.5. The van der Waals surface area contributed by atoms with E-state index < -0.39 is 15.9 Å². The normalized spacial score (nSPS) is 12.1. The number of carbonyl (C=O) groups is 1. The second-order valence-electron chi connectivity index (χ2n) is 9.21. The molecule has 172 valence electrons. The van der Waals surface area contributed by atoms with Gasteiger partial charge in [-0.15, -0.1) is 0 Å². The lowest BCUT2D eigenvalue weighted by Crippen LogP contribution is -2.32. The van der Waals surface area contributed by atoms with E-state index >= 15 is 0 Å². The third kappa shape index (κ3) is 5.02. The molecule has 0 radical (unpaired) electrons. The number of hydrogen-bond acceptors (Lipinski definition) is 5. The lowest BCUT2D eigenvalue weighted by Gasteiger charge is -2.15. The fourth-order valence-electron chi connectivity index (χ4n) is 3.61. The predicted molar refractivity (Wildman–Crippen MR) is 128 cm³/mol. The highest BCUT2D eigenvalue weighted by Gasteiger charge is 2.26. The van der Waals surface area contributed by atoms with Crippen molar-refractivity contribution in [1.82, 2.24) is 14.5 Å². The standard InChI is InChI=1S/C24H30N4O3S.H2/c1-15-10-16(2)20(17(3)11-15)14-28-21(13-22(26-28)24(4,5)6)23(29)27-32(30,31)19-9-7-8-18(25)12-19;/h7-13H,14,25H2,1-6H3,(H,27,29);1H. The Kier molecular flexibility index (Phi) is 6.20. The van der Waals surface area contributed by atoms with Crippen molar-refractivity contribution in [3.05, 3.63) is 76.1 Å². The summed E-state index contributed by atoms with van der Waals surface area (Å²) in [5.74, 6) is -0.738. The van der Waals surface area contributed by atoms with Crippen LogP contribution in [0.2, 0.25) is 0 Å². The number of nitrogens with zero attached hydrogens (tertiary/aromatic N) is 2. The maximum Gasteiger partial charge on any atom is 0.283 e. The maximum absolute atomic E-state index is 13.1. The SMILES string of the molecule is Cc1cc(C)c(Cn2nc(C(C)(C)C)cc2C(=O)NS(=O)(=O)c2cccc(N)c2)c(C)c1.[HH]. The second kappa shape index (κ2) is 8.43. The Morgan fingerprint density at radius 1 is 1.09 bits per heavy atom. The van der Waals surface area contributed by atoms with Gasteiger partial charge in [0.1, 0.15) is 5.69 Å². The van der Waals surface area contributed by atoms with E-state index in [1.54, 1.807) is 16.8 Å². The quantitative estimate of drug-likeness (QED) is 0.562. The molecule has 3 aromatic rings. The van der Waals surface area contributed by atoms with Gasteiger partial charge in [0, 0.05) is 12.5 Å². The second-order valence-corrected chi connectivity index (χ2v) is 10.9. The third-order valence-electron chi connectivity index (χ3n) is 5.32. The topological polar surface area (TPSA) is 107 Å². The summed E-state index contributed by atoms with van der Waals surface area (Å²) in [6.45, 7) is 12.4. The monoisotopic (exact) mass is 456 g/mol. The molecule has 8 heteroatoms. The summed E-state index contributed by atoms with van der Waals surface area (Å²) in [6, 6.07) is 11.6. The molecule has 0 aliphatic carbocycles. The zero-order chi connectivity index (χ0) is 23.8. The summed E-state index contributed by atoms with van der Waals surface area (Å²) in [6.07, 6.45) is 0. The fourth-order valence-corrected chi connectivity index (χ4v) is 4.63. The van der Waals surface area contributed by atoms with Crippen molar-refractivity contribution in [2.75, 3.05) is 5.73 Å². The molecule has 0 saturated carbocycles. The summed E-state index contributed by atoms with van der Waals surface area (Å²) in [5, 5.41) is 4.66. The molecule has 0 fully saturated rings. The molecule has 0 atom stereocenters. The molecule has 0 unspecified atom stereocenters. The first-order chi connectivity index (χ1) is 14.8. The Bertz CT molecular complexity index is 1270. The molecular formula is C24H32N4O3S. The molecule has 0 bridgehead atoms. The summed E-state index contributed by atoms with van der Waals surface area (Å²) in [7, 11) is -4.09. The van der Waals surface area contributed by atoms with Gasteiger partial charge in [-0.2, -0.15) is 5.10 Å². The first-order valence-corrected chi connectivity index (χ1v) is 11.8. The van der Waals surface area contributed by atoms with Crippen LogP contribution in [0.3, 0.4) is 0 Å². The number of carbonyl (C=O) groups excluding carboxylic acids is 1. The molecule has 3 N–H and O–H groups in total. The number of amides is 1. The molecule has 1 aromatic heterocycles.